The van der Waals surface area contributed by atoms with E-state index in [0.717, 1.165) is 83.0 Å². The average Bonchev–Trinajstić information content (AvgIpc) is 3.94. The number of imidazole rings is 1. The molecule has 3 aliphatic heterocycles. The van der Waals surface area contributed by atoms with Crippen molar-refractivity contribution >= 4 is 29.9 Å². The second-order valence-corrected chi connectivity index (χ2v) is 20.8. The third-order valence-electron chi connectivity index (χ3n) is 14.1. The molecule has 3 aliphatic rings. The Hall–Kier alpha value is -6.64. The number of hydrogen-bond donors (Lipinski definition) is 5. The molecule has 7 rings (SSSR count). The van der Waals surface area contributed by atoms with Crippen LogP contribution >= 0.6 is 0 Å². The third kappa shape index (κ3) is 13.1. The molecule has 2 aromatic heterocycles. The predicted molar refractivity (Wildman–Crippen MR) is 260 cm³/mol. The van der Waals surface area contributed by atoms with Gasteiger partial charge in [-0.25, -0.2) is 38.3 Å². The summed E-state index contributed by atoms with van der Waals surface area (Å²) in [6.45, 7) is 4.46. The molecule has 0 saturated carbocycles. The van der Waals surface area contributed by atoms with Gasteiger partial charge in [0.15, 0.2) is 0 Å². The summed E-state index contributed by atoms with van der Waals surface area (Å²) in [7, 11) is 1.93. The van der Waals surface area contributed by atoms with E-state index in [1.54, 1.807) is 57.4 Å². The first kappa shape index (κ1) is 57.1. The molecule has 5 heterocycles. The highest BCUT2D eigenvalue weighted by atomic mass is 19.4. The third-order valence-corrected chi connectivity index (χ3v) is 14.1. The number of methoxy groups -OCH3 is 2. The van der Waals surface area contributed by atoms with Crippen LogP contribution < -0.4 is 26.3 Å². The topological polar surface area (TPSA) is 218 Å². The van der Waals surface area contributed by atoms with E-state index in [9.17, 15) is 46.2 Å². The van der Waals surface area contributed by atoms with Crippen LogP contribution in [0.4, 0.5) is 46.3 Å². The molecule has 3 saturated heterocycles. The van der Waals surface area contributed by atoms with Crippen LogP contribution in [0.15, 0.2) is 61.3 Å². The lowest BCUT2D eigenvalue weighted by Crippen LogP contribution is -2.63. The Morgan fingerprint density at radius 2 is 1.38 bits per heavy atom. The second-order valence-electron chi connectivity index (χ2n) is 20.8. The van der Waals surface area contributed by atoms with E-state index in [2.05, 4.69) is 45.5 Å². The monoisotopic (exact) mass is 1080 g/mol. The number of alkyl carbamates (subject to hydrolysis) is 2. The summed E-state index contributed by atoms with van der Waals surface area (Å²) in [4.78, 5) is 70.9. The van der Waals surface area contributed by atoms with Crippen molar-refractivity contribution in [1.82, 2.24) is 50.8 Å². The van der Waals surface area contributed by atoms with Crippen LogP contribution in [-0.4, -0.2) is 154 Å². The Morgan fingerprint density at radius 3 is 1.88 bits per heavy atom. The van der Waals surface area contributed by atoms with Crippen molar-refractivity contribution in [2.45, 2.75) is 116 Å². The van der Waals surface area contributed by atoms with Crippen molar-refractivity contribution < 1.29 is 69.2 Å². The van der Waals surface area contributed by atoms with Gasteiger partial charge in [0.05, 0.1) is 63.1 Å². The Labute approximate surface area is 433 Å². The summed E-state index contributed by atoms with van der Waals surface area (Å²) in [5.74, 6) is -4.28. The van der Waals surface area contributed by atoms with Gasteiger partial charge in [0.1, 0.15) is 23.7 Å². The summed E-state index contributed by atoms with van der Waals surface area (Å²) >= 11 is 0. The zero-order valence-corrected chi connectivity index (χ0v) is 42.8. The van der Waals surface area contributed by atoms with Crippen LogP contribution in [0.5, 0.6) is 0 Å². The maximum Gasteiger partial charge on any atom is 0.407 e. The smallest absolute Gasteiger partial charge is 0.407 e. The molecule has 2 aromatic carbocycles. The molecule has 5 N–H and O–H groups in total. The van der Waals surface area contributed by atoms with Crippen LogP contribution in [0.3, 0.4) is 0 Å². The number of ether oxygens (including phenoxy) is 3. The van der Waals surface area contributed by atoms with Gasteiger partial charge in [-0.3, -0.25) is 24.5 Å². The van der Waals surface area contributed by atoms with Crippen molar-refractivity contribution in [2.75, 3.05) is 52.0 Å². The largest absolute Gasteiger partial charge is 0.453 e. The van der Waals surface area contributed by atoms with Gasteiger partial charge in [-0.1, -0.05) is 45.0 Å². The lowest BCUT2D eigenvalue weighted by Gasteiger charge is -2.47. The molecule has 0 aliphatic carbocycles. The molecule has 2 bridgehead atoms. The van der Waals surface area contributed by atoms with E-state index in [1.165, 1.54) is 0 Å². The van der Waals surface area contributed by atoms with E-state index >= 15 is 8.78 Å². The fourth-order valence-electron chi connectivity index (χ4n) is 9.54. The molecule has 26 heteroatoms. The molecule has 0 spiro atoms. The van der Waals surface area contributed by atoms with Gasteiger partial charge in [0, 0.05) is 73.5 Å². The van der Waals surface area contributed by atoms with Crippen molar-refractivity contribution in [3.05, 3.63) is 84.1 Å². The van der Waals surface area contributed by atoms with Crippen molar-refractivity contribution in [3.63, 3.8) is 0 Å². The number of hydrazine groups is 1. The summed E-state index contributed by atoms with van der Waals surface area (Å²) in [6.07, 6.45) is -2.54. The van der Waals surface area contributed by atoms with Gasteiger partial charge >= 0.3 is 24.9 Å². The summed E-state index contributed by atoms with van der Waals surface area (Å²) in [6, 6.07) is 4.16. The Bertz CT molecular complexity index is 2650. The number of rotatable bonds is 19. The van der Waals surface area contributed by atoms with E-state index < -0.39 is 102 Å². The Kier molecular flexibility index (Phi) is 17.5. The molecule has 6 atom stereocenters. The van der Waals surface area contributed by atoms with Gasteiger partial charge in [-0.15, -0.1) is 0 Å². The molecule has 3 fully saturated rings. The zero-order valence-electron chi connectivity index (χ0n) is 42.8. The number of carbonyl (C=O) groups is 4. The minimum Gasteiger partial charge on any atom is -0.453 e. The number of fused-ring (bicyclic) bond motifs is 2. The number of hydrogen-bond acceptors (Lipinski definition) is 14. The molecule has 76 heavy (non-hydrogen) atoms. The Morgan fingerprint density at radius 1 is 0.803 bits per heavy atom. The minimum absolute atomic E-state index is 0.204. The number of piperazine rings is 1. The normalized spacial score (nSPS) is 18.9. The molecule has 4 amide bonds. The number of aliphatic hydroxyl groups is 1. The number of halogens is 7. The molecular weight excluding hydrogens is 1020 g/mol. The molecular formula is C50H62F7N11O8. The van der Waals surface area contributed by atoms with Gasteiger partial charge in [0.2, 0.25) is 11.9 Å². The molecule has 19 nitrogen and oxygen atoms in total. The number of nitrogens with zero attached hydrogens (tertiary/aromatic N) is 7. The fourth-order valence-corrected chi connectivity index (χ4v) is 9.54. The molecule has 414 valence electrons. The standard InChI is InChI=1S/C50H62F7N11O8/c1-48(2,3)40(62-46(72)74-6)43(71)64-67(21-34-35(51)15-29(16-36(34)52)38-22-66(26-60-38)44(53)54)23-39(69)37(61-42(70)41(63-47(73)75-7)49(4,5)50(55,56)57)14-27-8-10-28(11-9-27)30-17-58-45(59-18-30)65-19-31-12-13-32(20-65)68(31)33-24-76-25-33/h8-11,15-18,22,26,31-33,37,39-41,44,69H,12-14,19-21,23-25H2,1-7H3,(H,61,70)(H,62,72)(H,63,73)(H,64,71)/t31?,32?,37-,39-,40+,41+/m0/s1. The van der Waals surface area contributed by atoms with Crippen molar-refractivity contribution in [3.8, 4) is 22.4 Å². The maximum absolute atomic E-state index is 16.0. The van der Waals surface area contributed by atoms with Crippen LogP contribution in [0.2, 0.25) is 0 Å². The number of aliphatic hydroxyl groups excluding tert-OH is 1. The molecule has 2 unspecified atom stereocenters. The highest BCUT2D eigenvalue weighted by Crippen LogP contribution is 2.41. The number of carbonyl (C=O) groups excluding carboxylic acids is 4. The van der Waals surface area contributed by atoms with Crippen molar-refractivity contribution in [1.29, 1.82) is 0 Å². The summed E-state index contributed by atoms with van der Waals surface area (Å²) < 4.78 is 118. The highest BCUT2D eigenvalue weighted by molar-refractivity contribution is 5.87. The fraction of sp³-hybridized carbons (Fsp3) is 0.540. The Balaban J connectivity index is 1.18. The van der Waals surface area contributed by atoms with Crippen LogP contribution in [0, 0.1) is 22.5 Å². The van der Waals surface area contributed by atoms with Gasteiger partial charge in [0.25, 0.3) is 5.91 Å². The highest BCUT2D eigenvalue weighted by Gasteiger charge is 2.56. The van der Waals surface area contributed by atoms with Gasteiger partial charge < -0.3 is 40.2 Å². The SMILES string of the molecule is COC(=O)N[C@H](C(=O)NN(Cc1c(F)cc(-c2cn(C(F)F)cn2)cc1F)C[C@H](O)[C@H](Cc1ccc(-c2cnc(N3CC4CCC(C3)N4C3COC3)nc2)cc1)NC(=O)[C@@H](NC(=O)OC)C(C)(C)C(F)(F)F)C(C)(C)C. The second kappa shape index (κ2) is 23.3. The number of amides is 4. The molecule has 0 radical (unpaired) electrons. The van der Waals surface area contributed by atoms with Crippen molar-refractivity contribution in [2.24, 2.45) is 10.8 Å². The first-order valence-corrected chi connectivity index (χ1v) is 24.4. The van der Waals surface area contributed by atoms with Gasteiger partial charge in [-0.2, -0.15) is 22.0 Å². The van der Waals surface area contributed by atoms with Crippen LogP contribution in [0.1, 0.15) is 65.1 Å². The maximum atomic E-state index is 16.0. The lowest BCUT2D eigenvalue weighted by molar-refractivity contribution is -0.220. The summed E-state index contributed by atoms with van der Waals surface area (Å²) in [5, 5.41) is 19.8. The number of anilines is 1. The molecule has 4 aromatic rings. The van der Waals surface area contributed by atoms with E-state index in [0.29, 0.717) is 59.2 Å². The van der Waals surface area contributed by atoms with E-state index in [-0.39, 0.29) is 17.7 Å². The predicted octanol–water partition coefficient (Wildman–Crippen LogP) is 5.74. The summed E-state index contributed by atoms with van der Waals surface area (Å²) in [5.41, 5.74) is -0.934. The minimum atomic E-state index is -5.09. The van der Waals surface area contributed by atoms with Crippen LogP contribution in [-0.2, 0) is 36.8 Å². The quantitative estimate of drug-likeness (QED) is 0.0560. The van der Waals surface area contributed by atoms with E-state index in [1.807, 2.05) is 5.32 Å². The van der Waals surface area contributed by atoms with E-state index in [4.69, 9.17) is 9.47 Å². The lowest BCUT2D eigenvalue weighted by atomic mass is 9.82. The number of nitrogens with one attached hydrogen (secondary N) is 4. The van der Waals surface area contributed by atoms with Gasteiger partial charge in [-0.05, 0) is 61.8 Å². The number of alkyl halides is 5. The number of benzene rings is 2. The average molecular weight is 1080 g/mol. The first-order chi connectivity index (χ1) is 35.8. The number of aromatic nitrogens is 4. The zero-order chi connectivity index (χ0) is 55.4. The van der Waals surface area contributed by atoms with Crippen LogP contribution in [0.25, 0.3) is 22.4 Å². The first-order valence-electron chi connectivity index (χ1n) is 24.4.